The van der Waals surface area contributed by atoms with Crippen LogP contribution in [-0.4, -0.2) is 67.0 Å². The topological polar surface area (TPSA) is 109 Å². The van der Waals surface area contributed by atoms with E-state index in [1.165, 1.54) is 12.5 Å². The van der Waals surface area contributed by atoms with Crippen LogP contribution < -0.4 is 4.72 Å². The fourth-order valence-corrected chi connectivity index (χ4v) is 6.41. The van der Waals surface area contributed by atoms with Gasteiger partial charge in [-0.05, 0) is 69.0 Å². The Morgan fingerprint density at radius 2 is 1.71 bits per heavy atom. The first-order chi connectivity index (χ1) is 18.3. The summed E-state index contributed by atoms with van der Waals surface area (Å²) in [5, 5.41) is 0.729. The minimum atomic E-state index is -3.88. The number of benzene rings is 2. The van der Waals surface area contributed by atoms with Gasteiger partial charge in [0.15, 0.2) is 0 Å². The highest BCUT2D eigenvalue weighted by Gasteiger charge is 2.32. The van der Waals surface area contributed by atoms with E-state index in [0.29, 0.717) is 36.4 Å². The summed E-state index contributed by atoms with van der Waals surface area (Å²) >= 11 is 0. The number of para-hydroxylation sites is 1. The molecule has 38 heavy (non-hydrogen) atoms. The minimum Gasteiger partial charge on any atom is -0.446 e. The van der Waals surface area contributed by atoms with Gasteiger partial charge >= 0.3 is 6.09 Å². The summed E-state index contributed by atoms with van der Waals surface area (Å²) in [4.78, 5) is 33.6. The Morgan fingerprint density at radius 3 is 2.45 bits per heavy atom. The largest absolute Gasteiger partial charge is 0.446 e. The SMILES string of the molecule is C[C@@H]1CN(C(=O)OC2CCCCC2)CCN1C(=O)c1ccc(NS(=O)(=O)c2cccc3cccnc23)cc1. The minimum absolute atomic E-state index is 0.000897. The highest BCUT2D eigenvalue weighted by molar-refractivity contribution is 7.93. The molecule has 2 aliphatic rings. The zero-order chi connectivity index (χ0) is 26.7. The molecule has 1 saturated carbocycles. The summed E-state index contributed by atoms with van der Waals surface area (Å²) in [6, 6.07) is 14.8. The number of fused-ring (bicyclic) bond motifs is 1. The molecule has 0 radical (unpaired) electrons. The highest BCUT2D eigenvalue weighted by atomic mass is 32.2. The number of hydrogen-bond donors (Lipinski definition) is 1. The average molecular weight is 537 g/mol. The number of carbonyl (C=O) groups is 2. The highest BCUT2D eigenvalue weighted by Crippen LogP contribution is 2.25. The molecule has 2 amide bonds. The van der Waals surface area contributed by atoms with Crippen molar-refractivity contribution in [2.24, 2.45) is 0 Å². The Kier molecular flexibility index (Phi) is 7.51. The maximum Gasteiger partial charge on any atom is 0.410 e. The van der Waals surface area contributed by atoms with E-state index in [4.69, 9.17) is 4.74 Å². The number of hydrogen-bond acceptors (Lipinski definition) is 6. The van der Waals surface area contributed by atoms with Crippen LogP contribution in [0.4, 0.5) is 10.5 Å². The fraction of sp³-hybridized carbons (Fsp3) is 0.393. The zero-order valence-electron chi connectivity index (χ0n) is 21.4. The third-order valence-corrected chi connectivity index (χ3v) is 8.65. The van der Waals surface area contributed by atoms with Gasteiger partial charge < -0.3 is 14.5 Å². The number of ether oxygens (including phenoxy) is 1. The van der Waals surface area contributed by atoms with Crippen LogP contribution in [0.25, 0.3) is 10.9 Å². The molecule has 2 heterocycles. The molecule has 5 rings (SSSR count). The van der Waals surface area contributed by atoms with Gasteiger partial charge in [-0.1, -0.05) is 24.6 Å². The van der Waals surface area contributed by atoms with E-state index < -0.39 is 10.0 Å². The van der Waals surface area contributed by atoms with Crippen LogP contribution in [0.5, 0.6) is 0 Å². The molecule has 2 aromatic carbocycles. The molecule has 0 spiro atoms. The number of nitrogens with zero attached hydrogens (tertiary/aromatic N) is 3. The first kappa shape index (κ1) is 26.0. The van der Waals surface area contributed by atoms with Crippen molar-refractivity contribution in [3.8, 4) is 0 Å². The second-order valence-corrected chi connectivity index (χ2v) is 11.6. The van der Waals surface area contributed by atoms with Crippen LogP contribution in [0, 0.1) is 0 Å². The lowest BCUT2D eigenvalue weighted by molar-refractivity contribution is 0.0203. The number of sulfonamides is 1. The molecule has 1 aliphatic carbocycles. The number of pyridine rings is 1. The van der Waals surface area contributed by atoms with Crippen molar-refractivity contribution in [1.82, 2.24) is 14.8 Å². The van der Waals surface area contributed by atoms with E-state index in [2.05, 4.69) is 9.71 Å². The molecular weight excluding hydrogens is 504 g/mol. The normalized spacial score (nSPS) is 18.8. The first-order valence-electron chi connectivity index (χ1n) is 13.0. The number of carbonyl (C=O) groups excluding carboxylic acids is 2. The number of rotatable bonds is 5. The van der Waals surface area contributed by atoms with E-state index in [-0.39, 0.29) is 29.0 Å². The molecule has 200 valence electrons. The molecule has 3 aromatic rings. The number of aromatic nitrogens is 1. The molecule has 0 bridgehead atoms. The van der Waals surface area contributed by atoms with Gasteiger partial charge in [-0.3, -0.25) is 14.5 Å². The van der Waals surface area contributed by atoms with Gasteiger partial charge in [-0.25, -0.2) is 13.2 Å². The molecule has 0 unspecified atom stereocenters. The second-order valence-electron chi connectivity index (χ2n) is 9.95. The number of amides is 2. The second kappa shape index (κ2) is 11.0. The van der Waals surface area contributed by atoms with Crippen molar-refractivity contribution in [2.75, 3.05) is 24.4 Å². The van der Waals surface area contributed by atoms with E-state index >= 15 is 0 Å². The maximum atomic E-state index is 13.2. The number of piperazine rings is 1. The Morgan fingerprint density at radius 1 is 0.974 bits per heavy atom. The standard InChI is InChI=1S/C28H32N4O5S/c1-20-19-31(28(34)37-24-9-3-2-4-10-24)17-18-32(20)27(33)22-12-14-23(15-13-22)30-38(35,36)25-11-5-7-21-8-6-16-29-26(21)25/h5-8,11-16,20,24,30H,2-4,9-10,17-19H2,1H3/t20-/m1/s1. The van der Waals surface area contributed by atoms with E-state index in [0.717, 1.165) is 31.1 Å². The maximum absolute atomic E-state index is 13.2. The average Bonchev–Trinajstić information content (AvgIpc) is 2.93. The Bertz CT molecular complexity index is 1420. The van der Waals surface area contributed by atoms with Gasteiger partial charge in [0.2, 0.25) is 0 Å². The molecule has 1 aliphatic heterocycles. The van der Waals surface area contributed by atoms with Crippen molar-refractivity contribution < 1.29 is 22.7 Å². The predicted molar refractivity (Wildman–Crippen MR) is 144 cm³/mol. The summed E-state index contributed by atoms with van der Waals surface area (Å²) in [7, 11) is -3.88. The lowest BCUT2D eigenvalue weighted by atomic mass is 9.98. The van der Waals surface area contributed by atoms with Crippen LogP contribution >= 0.6 is 0 Å². The van der Waals surface area contributed by atoms with Gasteiger partial charge in [-0.2, -0.15) is 0 Å². The van der Waals surface area contributed by atoms with Crippen molar-refractivity contribution in [3.63, 3.8) is 0 Å². The lowest BCUT2D eigenvalue weighted by Gasteiger charge is -2.40. The van der Waals surface area contributed by atoms with Gasteiger partial charge in [0.1, 0.15) is 11.0 Å². The molecule has 1 atom stereocenters. The monoisotopic (exact) mass is 536 g/mol. The lowest BCUT2D eigenvalue weighted by Crippen LogP contribution is -2.55. The third-order valence-electron chi connectivity index (χ3n) is 7.24. The van der Waals surface area contributed by atoms with Crippen LogP contribution in [0.15, 0.2) is 65.7 Å². The van der Waals surface area contributed by atoms with Crippen molar-refractivity contribution in [3.05, 3.63) is 66.4 Å². The number of anilines is 1. The van der Waals surface area contributed by atoms with Crippen molar-refractivity contribution >= 4 is 38.6 Å². The van der Waals surface area contributed by atoms with Crippen molar-refractivity contribution in [1.29, 1.82) is 0 Å². The Labute approximate surface area is 222 Å². The zero-order valence-corrected chi connectivity index (χ0v) is 22.2. The quantitative estimate of drug-likeness (QED) is 0.508. The first-order valence-corrected chi connectivity index (χ1v) is 14.5. The van der Waals surface area contributed by atoms with Gasteiger partial charge in [0, 0.05) is 48.5 Å². The van der Waals surface area contributed by atoms with Crippen molar-refractivity contribution in [2.45, 2.75) is 56.1 Å². The fourth-order valence-electron chi connectivity index (χ4n) is 5.18. The summed E-state index contributed by atoms with van der Waals surface area (Å²) < 4.78 is 34.4. The van der Waals surface area contributed by atoms with Gasteiger partial charge in [0.25, 0.3) is 15.9 Å². The van der Waals surface area contributed by atoms with E-state index in [1.54, 1.807) is 52.4 Å². The molecule has 1 saturated heterocycles. The smallest absolute Gasteiger partial charge is 0.410 e. The van der Waals surface area contributed by atoms with Gasteiger partial charge in [0.05, 0.1) is 5.52 Å². The summed E-state index contributed by atoms with van der Waals surface area (Å²) in [6.45, 7) is 3.15. The van der Waals surface area contributed by atoms with Crippen LogP contribution in [0.3, 0.4) is 0 Å². The molecular formula is C28H32N4O5S. The molecule has 10 heteroatoms. The molecule has 1 aromatic heterocycles. The number of nitrogens with one attached hydrogen (secondary N) is 1. The van der Waals surface area contributed by atoms with Crippen LogP contribution in [0.1, 0.15) is 49.4 Å². The summed E-state index contributed by atoms with van der Waals surface area (Å²) in [6.07, 6.45) is 6.49. The molecule has 2 fully saturated rings. The van der Waals surface area contributed by atoms with Crippen LogP contribution in [-0.2, 0) is 14.8 Å². The third kappa shape index (κ3) is 5.60. The predicted octanol–water partition coefficient (Wildman–Crippen LogP) is 4.65. The molecule has 1 N–H and O–H groups in total. The van der Waals surface area contributed by atoms with E-state index in [9.17, 15) is 18.0 Å². The molecule has 9 nitrogen and oxygen atoms in total. The summed E-state index contributed by atoms with van der Waals surface area (Å²) in [5.41, 5.74) is 1.19. The van der Waals surface area contributed by atoms with Gasteiger partial charge in [-0.15, -0.1) is 0 Å². The Balaban J connectivity index is 1.21. The van der Waals surface area contributed by atoms with Crippen LogP contribution in [0.2, 0.25) is 0 Å². The Hall–Kier alpha value is -3.66. The summed E-state index contributed by atoms with van der Waals surface area (Å²) in [5.74, 6) is -0.162. The van der Waals surface area contributed by atoms with E-state index in [1.807, 2.05) is 19.1 Å².